The van der Waals surface area contributed by atoms with Crippen LogP contribution in [0.1, 0.15) is 29.9 Å². The van der Waals surface area contributed by atoms with Crippen molar-refractivity contribution in [2.45, 2.75) is 32.4 Å². The van der Waals surface area contributed by atoms with Gasteiger partial charge in [0.05, 0.1) is 24.1 Å². The van der Waals surface area contributed by atoms with Crippen molar-refractivity contribution in [3.8, 4) is 5.75 Å². The number of likely N-dealkylation sites (N-methyl/N-ethyl adjacent to an activating group) is 1. The molecular formula is C27H36N4O6. The minimum Gasteiger partial charge on any atom is -0.491 e. The van der Waals surface area contributed by atoms with E-state index in [-0.39, 0.29) is 55.4 Å². The summed E-state index contributed by atoms with van der Waals surface area (Å²) in [6.07, 6.45) is 1.55. The standard InChI is InChI=1S/C27H36N4O6/c1-18-14-31(26(33)13-20-8-6-7-11-28-20)19(2)16-37-23-12-21(29-25(32)17-35-4)9-10-22(23)27(34)30(3)15-24(18)36-5/h6-12,18-19,24H,13-17H2,1-5H3,(H,29,32)/t18-,19-,24+/m1/s1. The van der Waals surface area contributed by atoms with Gasteiger partial charge in [0.2, 0.25) is 11.8 Å². The summed E-state index contributed by atoms with van der Waals surface area (Å²) >= 11 is 0. The summed E-state index contributed by atoms with van der Waals surface area (Å²) in [6.45, 7) is 4.73. The third-order valence-corrected chi connectivity index (χ3v) is 6.38. The van der Waals surface area contributed by atoms with Crippen LogP contribution in [0.4, 0.5) is 5.69 Å². The van der Waals surface area contributed by atoms with Gasteiger partial charge in [-0.2, -0.15) is 0 Å². The van der Waals surface area contributed by atoms with Gasteiger partial charge in [0, 0.05) is 63.9 Å². The highest BCUT2D eigenvalue weighted by Crippen LogP contribution is 2.27. The highest BCUT2D eigenvalue weighted by Gasteiger charge is 2.30. The fourth-order valence-corrected chi connectivity index (χ4v) is 4.28. The number of aromatic nitrogens is 1. The van der Waals surface area contributed by atoms with Gasteiger partial charge in [0.15, 0.2) is 0 Å². The van der Waals surface area contributed by atoms with Crippen molar-refractivity contribution in [1.82, 2.24) is 14.8 Å². The molecule has 1 aliphatic rings. The molecule has 1 aliphatic heterocycles. The first-order valence-corrected chi connectivity index (χ1v) is 12.3. The lowest BCUT2D eigenvalue weighted by Crippen LogP contribution is -2.49. The maximum atomic E-state index is 13.4. The molecule has 0 fully saturated rings. The van der Waals surface area contributed by atoms with Crippen LogP contribution in [0.25, 0.3) is 0 Å². The van der Waals surface area contributed by atoms with Gasteiger partial charge in [-0.3, -0.25) is 19.4 Å². The highest BCUT2D eigenvalue weighted by atomic mass is 16.5. The Morgan fingerprint density at radius 2 is 1.95 bits per heavy atom. The Kier molecular flexibility index (Phi) is 9.99. The fraction of sp³-hybridized carbons (Fsp3) is 0.481. The molecule has 1 aromatic carbocycles. The summed E-state index contributed by atoms with van der Waals surface area (Å²) < 4.78 is 16.7. The van der Waals surface area contributed by atoms with Crippen LogP contribution in [-0.4, -0.2) is 92.2 Å². The summed E-state index contributed by atoms with van der Waals surface area (Å²) in [6, 6.07) is 10.1. The SMILES string of the molecule is COCC(=O)Nc1ccc2c(c1)OC[C@@H](C)N(C(=O)Cc1ccccn1)C[C@@H](C)[C@@H](OC)CN(C)C2=O. The second-order valence-corrected chi connectivity index (χ2v) is 9.33. The number of methoxy groups -OCH3 is 2. The molecule has 0 bridgehead atoms. The zero-order valence-corrected chi connectivity index (χ0v) is 22.1. The zero-order chi connectivity index (χ0) is 26.9. The molecule has 2 aromatic rings. The molecule has 0 unspecified atom stereocenters. The quantitative estimate of drug-likeness (QED) is 0.632. The van der Waals surface area contributed by atoms with E-state index in [0.29, 0.717) is 35.8 Å². The second-order valence-electron chi connectivity index (χ2n) is 9.33. The minimum atomic E-state index is -0.323. The zero-order valence-electron chi connectivity index (χ0n) is 22.1. The van der Waals surface area contributed by atoms with Crippen LogP contribution in [-0.2, 0) is 25.5 Å². The normalized spacial score (nSPS) is 20.8. The number of ether oxygens (including phenoxy) is 3. The van der Waals surface area contributed by atoms with Crippen LogP contribution < -0.4 is 10.1 Å². The lowest BCUT2D eigenvalue weighted by Gasteiger charge is -2.36. The number of fused-ring (bicyclic) bond motifs is 1. The van der Waals surface area contributed by atoms with Crippen molar-refractivity contribution in [1.29, 1.82) is 0 Å². The average Bonchev–Trinajstić information content (AvgIpc) is 2.88. The molecule has 1 aromatic heterocycles. The minimum absolute atomic E-state index is 0.0485. The number of rotatable bonds is 6. The van der Waals surface area contributed by atoms with Crippen LogP contribution in [0, 0.1) is 5.92 Å². The Balaban J connectivity index is 1.93. The topological polar surface area (TPSA) is 110 Å². The molecule has 10 nitrogen and oxygen atoms in total. The number of nitrogens with one attached hydrogen (secondary N) is 1. The Morgan fingerprint density at radius 3 is 2.62 bits per heavy atom. The number of hydrogen-bond acceptors (Lipinski definition) is 7. The molecule has 3 amide bonds. The first-order chi connectivity index (χ1) is 17.7. The van der Waals surface area contributed by atoms with Crippen molar-refractivity contribution in [2.75, 3.05) is 52.9 Å². The molecule has 3 atom stereocenters. The molecule has 2 heterocycles. The summed E-state index contributed by atoms with van der Waals surface area (Å²) in [4.78, 5) is 46.4. The van der Waals surface area contributed by atoms with E-state index in [9.17, 15) is 14.4 Å². The predicted molar refractivity (Wildman–Crippen MR) is 138 cm³/mol. The molecule has 0 saturated carbocycles. The predicted octanol–water partition coefficient (Wildman–Crippen LogP) is 2.24. The van der Waals surface area contributed by atoms with Gasteiger partial charge in [-0.15, -0.1) is 0 Å². The van der Waals surface area contributed by atoms with Crippen LogP contribution >= 0.6 is 0 Å². The number of benzene rings is 1. The molecule has 10 heteroatoms. The molecule has 200 valence electrons. The van der Waals surface area contributed by atoms with Gasteiger partial charge >= 0.3 is 0 Å². The monoisotopic (exact) mass is 512 g/mol. The third kappa shape index (κ3) is 7.50. The van der Waals surface area contributed by atoms with Gasteiger partial charge in [-0.25, -0.2) is 0 Å². The third-order valence-electron chi connectivity index (χ3n) is 6.38. The summed E-state index contributed by atoms with van der Waals surface area (Å²) in [5, 5.41) is 2.73. The van der Waals surface area contributed by atoms with E-state index in [0.717, 1.165) is 0 Å². The number of pyridine rings is 1. The molecule has 0 saturated heterocycles. The van der Waals surface area contributed by atoms with Crippen LogP contribution in [0.3, 0.4) is 0 Å². The number of amides is 3. The van der Waals surface area contributed by atoms with E-state index in [1.807, 2.05) is 32.0 Å². The average molecular weight is 513 g/mol. The molecule has 37 heavy (non-hydrogen) atoms. The molecule has 0 radical (unpaired) electrons. The fourth-order valence-electron chi connectivity index (χ4n) is 4.28. The van der Waals surface area contributed by atoms with E-state index >= 15 is 0 Å². The van der Waals surface area contributed by atoms with Gasteiger partial charge in [0.25, 0.3) is 5.91 Å². The van der Waals surface area contributed by atoms with E-state index in [1.165, 1.54) is 7.11 Å². The Morgan fingerprint density at radius 1 is 1.16 bits per heavy atom. The first-order valence-electron chi connectivity index (χ1n) is 12.3. The number of carbonyl (C=O) groups excluding carboxylic acids is 3. The Hall–Kier alpha value is -3.50. The number of nitrogens with zero attached hydrogens (tertiary/aromatic N) is 3. The molecule has 0 spiro atoms. The maximum absolute atomic E-state index is 13.4. The van der Waals surface area contributed by atoms with E-state index < -0.39 is 0 Å². The van der Waals surface area contributed by atoms with Gasteiger partial charge < -0.3 is 29.3 Å². The molecule has 3 rings (SSSR count). The summed E-state index contributed by atoms with van der Waals surface area (Å²) in [5.74, 6) is -0.351. The number of anilines is 1. The Labute approximate surface area is 217 Å². The van der Waals surface area contributed by atoms with E-state index in [4.69, 9.17) is 14.2 Å². The second kappa shape index (κ2) is 13.2. The Bertz CT molecular complexity index is 1080. The summed E-state index contributed by atoms with van der Waals surface area (Å²) in [7, 11) is 4.75. The van der Waals surface area contributed by atoms with Crippen LogP contribution in [0.15, 0.2) is 42.6 Å². The first kappa shape index (κ1) is 28.1. The molecule has 0 aliphatic carbocycles. The molecule has 1 N–H and O–H groups in total. The number of carbonyl (C=O) groups is 3. The van der Waals surface area contributed by atoms with Crippen molar-refractivity contribution < 1.29 is 28.6 Å². The lowest BCUT2D eigenvalue weighted by molar-refractivity contribution is -0.134. The highest BCUT2D eigenvalue weighted by molar-refractivity contribution is 5.98. The van der Waals surface area contributed by atoms with Gasteiger partial charge in [-0.1, -0.05) is 13.0 Å². The van der Waals surface area contributed by atoms with Crippen molar-refractivity contribution in [3.05, 3.63) is 53.9 Å². The smallest absolute Gasteiger partial charge is 0.257 e. The van der Waals surface area contributed by atoms with Gasteiger partial charge in [-0.05, 0) is 31.2 Å². The largest absolute Gasteiger partial charge is 0.491 e. The van der Waals surface area contributed by atoms with Gasteiger partial charge in [0.1, 0.15) is 19.0 Å². The maximum Gasteiger partial charge on any atom is 0.257 e. The van der Waals surface area contributed by atoms with Crippen molar-refractivity contribution in [2.24, 2.45) is 5.92 Å². The van der Waals surface area contributed by atoms with E-state index in [2.05, 4.69) is 10.3 Å². The van der Waals surface area contributed by atoms with Crippen molar-refractivity contribution in [3.63, 3.8) is 0 Å². The van der Waals surface area contributed by atoms with Crippen LogP contribution in [0.2, 0.25) is 0 Å². The van der Waals surface area contributed by atoms with Crippen LogP contribution in [0.5, 0.6) is 5.75 Å². The van der Waals surface area contributed by atoms with Crippen molar-refractivity contribution >= 4 is 23.4 Å². The summed E-state index contributed by atoms with van der Waals surface area (Å²) in [5.41, 5.74) is 1.52. The number of hydrogen-bond donors (Lipinski definition) is 1. The lowest BCUT2D eigenvalue weighted by atomic mass is 10.0. The van der Waals surface area contributed by atoms with E-state index in [1.54, 1.807) is 48.4 Å². The molecular weight excluding hydrogens is 476 g/mol.